The number of H-pyrrole nitrogens is 1. The van der Waals surface area contributed by atoms with Crippen LogP contribution in [0.2, 0.25) is 0 Å². The number of ether oxygens (including phenoxy) is 1. The quantitative estimate of drug-likeness (QED) is 0.542. The largest absolute Gasteiger partial charge is 0.492 e. The van der Waals surface area contributed by atoms with Gasteiger partial charge in [-0.1, -0.05) is 13.8 Å². The van der Waals surface area contributed by atoms with Crippen LogP contribution in [0, 0.1) is 0 Å². The molecule has 4 rings (SSSR count). The van der Waals surface area contributed by atoms with Crippen molar-refractivity contribution in [3.63, 3.8) is 0 Å². The number of aliphatic imine (C=N–C) groups is 1. The van der Waals surface area contributed by atoms with Gasteiger partial charge in [-0.05, 0) is 55.6 Å². The van der Waals surface area contributed by atoms with Crippen LogP contribution in [0.4, 0.5) is 0 Å². The molecule has 3 aromatic rings. The van der Waals surface area contributed by atoms with E-state index < -0.39 is 0 Å². The highest BCUT2D eigenvalue weighted by Gasteiger charge is 2.11. The highest BCUT2D eigenvalue weighted by molar-refractivity contribution is 6.02. The first-order valence-electron chi connectivity index (χ1n) is 10.0. The second kappa shape index (κ2) is 11.2. The van der Waals surface area contributed by atoms with Gasteiger partial charge in [-0.25, -0.2) is 4.98 Å². The molecule has 2 N–H and O–H groups in total. The molecule has 2 aromatic carbocycles. The van der Waals surface area contributed by atoms with Crippen LogP contribution in [-0.2, 0) is 0 Å². The molecule has 0 radical (unpaired) electrons. The molecule has 1 aromatic heterocycles. The van der Waals surface area contributed by atoms with E-state index in [9.17, 15) is 0 Å². The van der Waals surface area contributed by atoms with Crippen molar-refractivity contribution in [3.05, 3.63) is 48.0 Å². The molecule has 0 unspecified atom stereocenters. The van der Waals surface area contributed by atoms with Gasteiger partial charge in [0.15, 0.2) is 0 Å². The number of rotatable bonds is 8. The van der Waals surface area contributed by atoms with E-state index >= 15 is 0 Å². The monoisotopic (exact) mass is 449 g/mol. The van der Waals surface area contributed by atoms with E-state index in [0.717, 1.165) is 72.3 Å². The van der Waals surface area contributed by atoms with Gasteiger partial charge in [-0.3, -0.25) is 4.99 Å². The molecule has 0 saturated carbocycles. The molecule has 8 heteroatoms. The Balaban J connectivity index is 0.00000160. The van der Waals surface area contributed by atoms with Crippen LogP contribution in [0.5, 0.6) is 5.75 Å². The van der Waals surface area contributed by atoms with Crippen LogP contribution < -0.4 is 10.1 Å². The maximum absolute atomic E-state index is 5.87. The van der Waals surface area contributed by atoms with E-state index in [-0.39, 0.29) is 24.8 Å². The van der Waals surface area contributed by atoms with Crippen LogP contribution in [0.3, 0.4) is 0 Å². The van der Waals surface area contributed by atoms with Gasteiger partial charge >= 0.3 is 0 Å². The lowest BCUT2D eigenvalue weighted by atomic mass is 10.2. The van der Waals surface area contributed by atoms with Crippen molar-refractivity contribution in [1.29, 1.82) is 0 Å². The van der Waals surface area contributed by atoms with Gasteiger partial charge in [0.25, 0.3) is 0 Å². The van der Waals surface area contributed by atoms with Crippen molar-refractivity contribution >= 4 is 41.7 Å². The fourth-order valence-corrected chi connectivity index (χ4v) is 3.43. The summed E-state index contributed by atoms with van der Waals surface area (Å²) in [6.07, 6.45) is 0. The Hall–Kier alpha value is -2.28. The van der Waals surface area contributed by atoms with Crippen molar-refractivity contribution in [2.24, 2.45) is 4.99 Å². The molecule has 162 valence electrons. The van der Waals surface area contributed by atoms with Gasteiger partial charge < -0.3 is 19.9 Å². The summed E-state index contributed by atoms with van der Waals surface area (Å²) in [5.74, 6) is 2.71. The number of nitrogens with zero attached hydrogens (tertiary/aromatic N) is 3. The molecule has 0 spiro atoms. The Bertz CT molecular complexity index is 967. The number of aromatic nitrogens is 2. The zero-order chi connectivity index (χ0) is 19.3. The summed E-state index contributed by atoms with van der Waals surface area (Å²) in [6, 6.07) is 14.3. The first kappa shape index (κ1) is 24.0. The Kier molecular flexibility index (Phi) is 8.96. The summed E-state index contributed by atoms with van der Waals surface area (Å²) in [5.41, 5.74) is 4.11. The summed E-state index contributed by atoms with van der Waals surface area (Å²) >= 11 is 0. The van der Waals surface area contributed by atoms with E-state index in [1.165, 1.54) is 0 Å². The number of hydrogen-bond donors (Lipinski definition) is 2. The molecule has 0 bridgehead atoms. The van der Waals surface area contributed by atoms with Crippen molar-refractivity contribution in [1.82, 2.24) is 20.2 Å². The zero-order valence-electron chi connectivity index (χ0n) is 17.4. The smallest absolute Gasteiger partial charge is 0.138 e. The molecule has 2 heterocycles. The minimum absolute atomic E-state index is 0. The van der Waals surface area contributed by atoms with Crippen LogP contribution in [0.1, 0.15) is 19.4 Å². The van der Waals surface area contributed by atoms with Crippen molar-refractivity contribution in [2.45, 2.75) is 13.8 Å². The lowest BCUT2D eigenvalue weighted by Gasteiger charge is -2.18. The molecule has 30 heavy (non-hydrogen) atoms. The third kappa shape index (κ3) is 5.45. The van der Waals surface area contributed by atoms with E-state index in [1.807, 2.05) is 30.3 Å². The van der Waals surface area contributed by atoms with Crippen molar-refractivity contribution < 1.29 is 4.74 Å². The van der Waals surface area contributed by atoms with Gasteiger partial charge in [0.2, 0.25) is 0 Å². The van der Waals surface area contributed by atoms with E-state index in [0.29, 0.717) is 6.61 Å². The SMILES string of the molecule is CCN(CC)CCOc1ccc(-c2nc3ccc(C4=NCCN4)cc3[nH]2)cc1.Cl.Cl. The van der Waals surface area contributed by atoms with Gasteiger partial charge in [-0.2, -0.15) is 0 Å². The Morgan fingerprint density at radius 2 is 1.73 bits per heavy atom. The average molecular weight is 450 g/mol. The first-order chi connectivity index (χ1) is 13.8. The van der Waals surface area contributed by atoms with Crippen molar-refractivity contribution in [2.75, 3.05) is 39.3 Å². The number of aromatic amines is 1. The summed E-state index contributed by atoms with van der Waals surface area (Å²) in [7, 11) is 0. The molecule has 0 atom stereocenters. The van der Waals surface area contributed by atoms with Crippen LogP contribution >= 0.6 is 24.8 Å². The fourth-order valence-electron chi connectivity index (χ4n) is 3.43. The molecule has 0 fully saturated rings. The third-order valence-electron chi connectivity index (χ3n) is 5.13. The van der Waals surface area contributed by atoms with E-state index in [4.69, 9.17) is 9.72 Å². The highest BCUT2D eigenvalue weighted by Crippen LogP contribution is 2.24. The molecule has 6 nitrogen and oxygen atoms in total. The van der Waals surface area contributed by atoms with Gasteiger partial charge in [0.1, 0.15) is 24.0 Å². The molecule has 0 amide bonds. The lowest BCUT2D eigenvalue weighted by molar-refractivity contribution is 0.223. The summed E-state index contributed by atoms with van der Waals surface area (Å²) in [4.78, 5) is 15.0. The van der Waals surface area contributed by atoms with Crippen LogP contribution in [0.25, 0.3) is 22.4 Å². The first-order valence-corrected chi connectivity index (χ1v) is 10.0. The number of halogens is 2. The normalized spacial score (nSPS) is 12.8. The average Bonchev–Trinajstić information content (AvgIpc) is 3.41. The molecular formula is C22H29Cl2N5O. The molecule has 0 saturated heterocycles. The van der Waals surface area contributed by atoms with Crippen molar-refractivity contribution in [3.8, 4) is 17.1 Å². The van der Waals surface area contributed by atoms with E-state index in [1.54, 1.807) is 0 Å². The predicted molar refractivity (Wildman–Crippen MR) is 129 cm³/mol. The standard InChI is InChI=1S/C22H27N5O.2ClH/c1-3-27(4-2)13-14-28-18-8-5-16(6-9-18)22-25-19-10-7-17(15-20(19)26-22)21-23-11-12-24-21;;/h5-10,15H,3-4,11-14H2,1-2H3,(H,23,24)(H,25,26);2*1H. The van der Waals surface area contributed by atoms with Gasteiger partial charge in [0.05, 0.1) is 17.6 Å². The minimum Gasteiger partial charge on any atom is -0.492 e. The van der Waals surface area contributed by atoms with Crippen LogP contribution in [-0.4, -0.2) is 60.0 Å². The summed E-state index contributed by atoms with van der Waals surface area (Å²) in [6.45, 7) is 9.84. The van der Waals surface area contributed by atoms with Crippen LogP contribution in [0.15, 0.2) is 47.5 Å². The molecule has 1 aliphatic heterocycles. The predicted octanol–water partition coefficient (Wildman–Crippen LogP) is 4.14. The third-order valence-corrected chi connectivity index (χ3v) is 5.13. The number of fused-ring (bicyclic) bond motifs is 1. The summed E-state index contributed by atoms with van der Waals surface area (Å²) < 4.78 is 5.87. The number of benzene rings is 2. The lowest BCUT2D eigenvalue weighted by Crippen LogP contribution is -2.27. The van der Waals surface area contributed by atoms with Gasteiger partial charge in [-0.15, -0.1) is 24.8 Å². The van der Waals surface area contributed by atoms with Gasteiger partial charge in [0, 0.05) is 24.2 Å². The second-order valence-electron chi connectivity index (χ2n) is 6.87. The summed E-state index contributed by atoms with van der Waals surface area (Å²) in [5, 5.41) is 3.31. The maximum Gasteiger partial charge on any atom is 0.138 e. The maximum atomic E-state index is 5.87. The van der Waals surface area contributed by atoms with E-state index in [2.05, 4.69) is 46.2 Å². The highest BCUT2D eigenvalue weighted by atomic mass is 35.5. The molecular weight excluding hydrogens is 421 g/mol. The number of amidine groups is 1. The number of nitrogens with one attached hydrogen (secondary N) is 2. The Morgan fingerprint density at radius 1 is 1.00 bits per heavy atom. The minimum atomic E-state index is 0. The second-order valence-corrected chi connectivity index (χ2v) is 6.87. The number of likely N-dealkylation sites (N-methyl/N-ethyl adjacent to an activating group) is 1. The molecule has 0 aliphatic carbocycles. The zero-order valence-corrected chi connectivity index (χ0v) is 19.0. The Morgan fingerprint density at radius 3 is 2.40 bits per heavy atom. The number of hydrogen-bond acceptors (Lipinski definition) is 5. The number of imidazole rings is 1. The fraction of sp³-hybridized carbons (Fsp3) is 0.364. The molecule has 1 aliphatic rings. The Labute approximate surface area is 190 Å². The topological polar surface area (TPSA) is 65.5 Å².